The Bertz CT molecular complexity index is 329. The van der Waals surface area contributed by atoms with Gasteiger partial charge in [-0.25, -0.2) is 4.79 Å². The van der Waals surface area contributed by atoms with Crippen molar-refractivity contribution in [2.24, 2.45) is 5.92 Å². The van der Waals surface area contributed by atoms with E-state index in [1.807, 2.05) is 13.8 Å². The maximum atomic E-state index is 11.9. The summed E-state index contributed by atoms with van der Waals surface area (Å²) < 4.78 is 0. The lowest BCUT2D eigenvalue weighted by Crippen LogP contribution is -2.51. The van der Waals surface area contributed by atoms with Crippen LogP contribution in [-0.2, 0) is 4.79 Å². The number of aliphatic carboxylic acids is 1. The average Bonchev–Trinajstić information content (AvgIpc) is 2.25. The molecule has 0 radical (unpaired) electrons. The lowest BCUT2D eigenvalue weighted by molar-refractivity contribution is -0.137. The van der Waals surface area contributed by atoms with Crippen molar-refractivity contribution in [3.8, 4) is 0 Å². The lowest BCUT2D eigenvalue weighted by atomic mass is 9.87. The standard InChI is InChI=1S/C14H26N2O3/c1-10-5-4-6-11(9-10)15-13(19)16-14(2,3)8-7-12(17)18/h10-11H,4-9H2,1-3H3,(H,17,18)(H2,15,16,19). The third-order valence-corrected chi connectivity index (χ3v) is 3.69. The number of hydrogen-bond acceptors (Lipinski definition) is 2. The van der Waals surface area contributed by atoms with E-state index in [9.17, 15) is 9.59 Å². The zero-order valence-electron chi connectivity index (χ0n) is 12.2. The number of nitrogens with one attached hydrogen (secondary N) is 2. The molecule has 0 bridgehead atoms. The highest BCUT2D eigenvalue weighted by atomic mass is 16.4. The first-order valence-electron chi connectivity index (χ1n) is 7.09. The quantitative estimate of drug-likeness (QED) is 0.718. The van der Waals surface area contributed by atoms with Crippen molar-refractivity contribution in [1.29, 1.82) is 0 Å². The second-order valence-corrected chi connectivity index (χ2v) is 6.34. The second-order valence-electron chi connectivity index (χ2n) is 6.34. The van der Waals surface area contributed by atoms with Gasteiger partial charge in [0.1, 0.15) is 0 Å². The first-order valence-corrected chi connectivity index (χ1v) is 7.09. The Morgan fingerprint density at radius 2 is 2.00 bits per heavy atom. The fraction of sp³-hybridized carbons (Fsp3) is 0.857. The van der Waals surface area contributed by atoms with Gasteiger partial charge < -0.3 is 15.7 Å². The molecule has 0 aromatic carbocycles. The van der Waals surface area contributed by atoms with Crippen LogP contribution < -0.4 is 10.6 Å². The number of carboxylic acids is 1. The summed E-state index contributed by atoms with van der Waals surface area (Å²) in [7, 11) is 0. The molecule has 2 atom stereocenters. The normalized spacial score (nSPS) is 23.7. The SMILES string of the molecule is CC1CCCC(NC(=O)NC(C)(C)CCC(=O)O)C1. The Kier molecular flexibility index (Phi) is 5.63. The van der Waals surface area contributed by atoms with Gasteiger partial charge in [0.15, 0.2) is 0 Å². The van der Waals surface area contributed by atoms with Crippen LogP contribution in [0.25, 0.3) is 0 Å². The number of carboxylic acid groups (broad SMARTS) is 1. The van der Waals surface area contributed by atoms with Gasteiger partial charge >= 0.3 is 12.0 Å². The summed E-state index contributed by atoms with van der Waals surface area (Å²) in [6, 6.07) is 0.0634. The molecule has 3 N–H and O–H groups in total. The number of carbonyl (C=O) groups excluding carboxylic acids is 1. The summed E-state index contributed by atoms with van der Waals surface area (Å²) in [4.78, 5) is 22.5. The Hall–Kier alpha value is -1.26. The van der Waals surface area contributed by atoms with Gasteiger partial charge in [-0.1, -0.05) is 19.8 Å². The summed E-state index contributed by atoms with van der Waals surface area (Å²) in [5.41, 5.74) is -0.497. The minimum Gasteiger partial charge on any atom is -0.481 e. The van der Waals surface area contributed by atoms with E-state index < -0.39 is 11.5 Å². The molecule has 0 saturated heterocycles. The van der Waals surface area contributed by atoms with Crippen LogP contribution in [0.4, 0.5) is 4.79 Å². The van der Waals surface area contributed by atoms with E-state index >= 15 is 0 Å². The minimum atomic E-state index is -0.837. The van der Waals surface area contributed by atoms with Crippen molar-refractivity contribution in [2.75, 3.05) is 0 Å². The molecule has 110 valence electrons. The zero-order valence-corrected chi connectivity index (χ0v) is 12.2. The first kappa shape index (κ1) is 15.8. The van der Waals surface area contributed by atoms with Crippen LogP contribution in [0.5, 0.6) is 0 Å². The molecule has 1 aliphatic carbocycles. The molecule has 0 aromatic rings. The number of hydrogen-bond donors (Lipinski definition) is 3. The predicted octanol–water partition coefficient (Wildman–Crippen LogP) is 2.51. The highest BCUT2D eigenvalue weighted by molar-refractivity contribution is 5.75. The molecular formula is C14H26N2O3. The van der Waals surface area contributed by atoms with Crippen LogP contribution in [0, 0.1) is 5.92 Å². The van der Waals surface area contributed by atoms with E-state index in [1.54, 1.807) is 0 Å². The molecule has 0 aliphatic heterocycles. The highest BCUT2D eigenvalue weighted by Crippen LogP contribution is 2.23. The van der Waals surface area contributed by atoms with Crippen molar-refractivity contribution in [1.82, 2.24) is 10.6 Å². The maximum Gasteiger partial charge on any atom is 0.315 e. The van der Waals surface area contributed by atoms with Crippen LogP contribution in [0.15, 0.2) is 0 Å². The molecule has 0 spiro atoms. The molecule has 2 amide bonds. The zero-order chi connectivity index (χ0) is 14.5. The maximum absolute atomic E-state index is 11.9. The van der Waals surface area contributed by atoms with Crippen LogP contribution in [0.3, 0.4) is 0 Å². The van der Waals surface area contributed by atoms with Gasteiger partial charge in [0.05, 0.1) is 0 Å². The fourth-order valence-corrected chi connectivity index (χ4v) is 2.58. The fourth-order valence-electron chi connectivity index (χ4n) is 2.58. The summed E-state index contributed by atoms with van der Waals surface area (Å²) >= 11 is 0. The van der Waals surface area contributed by atoms with E-state index in [0.717, 1.165) is 19.3 Å². The summed E-state index contributed by atoms with van der Waals surface area (Å²) in [6.07, 6.45) is 4.96. The van der Waals surface area contributed by atoms with Gasteiger partial charge in [-0.05, 0) is 39.0 Å². The average molecular weight is 270 g/mol. The van der Waals surface area contributed by atoms with E-state index in [-0.39, 0.29) is 18.5 Å². The van der Waals surface area contributed by atoms with Crippen LogP contribution >= 0.6 is 0 Å². The summed E-state index contributed by atoms with van der Waals surface area (Å²) in [6.45, 7) is 5.90. The number of urea groups is 1. The Morgan fingerprint density at radius 1 is 1.32 bits per heavy atom. The highest BCUT2D eigenvalue weighted by Gasteiger charge is 2.24. The van der Waals surface area contributed by atoms with Crippen molar-refractivity contribution in [3.63, 3.8) is 0 Å². The molecule has 0 aromatic heterocycles. The molecule has 5 nitrogen and oxygen atoms in total. The van der Waals surface area contributed by atoms with Crippen molar-refractivity contribution >= 4 is 12.0 Å². The molecule has 1 rings (SSSR count). The van der Waals surface area contributed by atoms with Crippen LogP contribution in [0.2, 0.25) is 0 Å². The molecule has 19 heavy (non-hydrogen) atoms. The molecule has 2 unspecified atom stereocenters. The van der Waals surface area contributed by atoms with Crippen LogP contribution in [-0.4, -0.2) is 28.7 Å². The molecule has 5 heteroatoms. The van der Waals surface area contributed by atoms with Crippen LogP contribution in [0.1, 0.15) is 59.3 Å². The van der Waals surface area contributed by atoms with E-state index in [4.69, 9.17) is 5.11 Å². The molecule has 0 heterocycles. The lowest BCUT2D eigenvalue weighted by Gasteiger charge is -2.30. The number of rotatable bonds is 5. The van der Waals surface area contributed by atoms with Gasteiger partial charge in [-0.15, -0.1) is 0 Å². The van der Waals surface area contributed by atoms with Gasteiger partial charge in [-0.2, -0.15) is 0 Å². The monoisotopic (exact) mass is 270 g/mol. The molecule has 1 aliphatic rings. The number of carbonyl (C=O) groups is 2. The third-order valence-electron chi connectivity index (χ3n) is 3.69. The summed E-state index contributed by atoms with van der Waals surface area (Å²) in [5.74, 6) is -0.171. The first-order chi connectivity index (χ1) is 8.78. The topological polar surface area (TPSA) is 78.4 Å². The Morgan fingerprint density at radius 3 is 2.58 bits per heavy atom. The van der Waals surface area contributed by atoms with E-state index in [0.29, 0.717) is 12.3 Å². The molecular weight excluding hydrogens is 244 g/mol. The molecule has 1 saturated carbocycles. The Balaban J connectivity index is 2.34. The van der Waals surface area contributed by atoms with Crippen molar-refractivity contribution in [3.05, 3.63) is 0 Å². The van der Waals surface area contributed by atoms with Gasteiger partial charge in [0.2, 0.25) is 0 Å². The molecule has 1 fully saturated rings. The van der Waals surface area contributed by atoms with Crippen molar-refractivity contribution in [2.45, 2.75) is 70.9 Å². The minimum absolute atomic E-state index is 0.0632. The number of amides is 2. The van der Waals surface area contributed by atoms with E-state index in [2.05, 4.69) is 17.6 Å². The summed E-state index contributed by atoms with van der Waals surface area (Å²) in [5, 5.41) is 14.5. The Labute approximate surface area is 115 Å². The van der Waals surface area contributed by atoms with Crippen molar-refractivity contribution < 1.29 is 14.7 Å². The largest absolute Gasteiger partial charge is 0.481 e. The van der Waals surface area contributed by atoms with Gasteiger partial charge in [-0.3, -0.25) is 4.79 Å². The third kappa shape index (κ3) is 6.45. The predicted molar refractivity (Wildman–Crippen MR) is 74.0 cm³/mol. The van der Waals surface area contributed by atoms with E-state index in [1.165, 1.54) is 6.42 Å². The second kappa shape index (κ2) is 6.78. The van der Waals surface area contributed by atoms with Gasteiger partial charge in [0, 0.05) is 18.0 Å². The smallest absolute Gasteiger partial charge is 0.315 e. The van der Waals surface area contributed by atoms with Gasteiger partial charge in [0.25, 0.3) is 0 Å².